The Balaban J connectivity index is 1.87. The van der Waals surface area contributed by atoms with Crippen molar-refractivity contribution in [2.75, 3.05) is 5.73 Å². The van der Waals surface area contributed by atoms with Crippen molar-refractivity contribution < 1.29 is 8.63 Å². The fourth-order valence-corrected chi connectivity index (χ4v) is 3.17. The molecule has 0 saturated heterocycles. The molecule has 1 unspecified atom stereocenters. The fraction of sp³-hybridized carbons (Fsp3) is 0.0714. The highest BCUT2D eigenvalue weighted by atomic mass is 35.5. The molecule has 0 aliphatic carbocycles. The second-order valence-electron chi connectivity index (χ2n) is 4.45. The predicted molar refractivity (Wildman–Crippen MR) is 85.0 cm³/mol. The zero-order valence-corrected chi connectivity index (χ0v) is 13.0. The van der Waals surface area contributed by atoms with Crippen LogP contribution >= 0.6 is 23.2 Å². The van der Waals surface area contributed by atoms with Crippen molar-refractivity contribution in [2.24, 2.45) is 0 Å². The second-order valence-corrected chi connectivity index (χ2v) is 6.59. The lowest BCUT2D eigenvalue weighted by Crippen LogP contribution is -1.96. The number of halogens is 2. The standard InChI is InChI=1S/C14H10Cl2N2O2S/c15-10-3-1-8(5-11(10)16)7-21(19)14-18-12-4-2-9(17)6-13(12)20-14/h1-6H,7,17H2. The van der Waals surface area contributed by atoms with Gasteiger partial charge in [-0.15, -0.1) is 0 Å². The molecule has 3 rings (SSSR count). The molecular formula is C14H10Cl2N2O2S. The molecule has 0 amide bonds. The minimum atomic E-state index is -1.41. The van der Waals surface area contributed by atoms with Crippen molar-refractivity contribution in [3.8, 4) is 0 Å². The molecule has 3 aromatic rings. The first-order valence-corrected chi connectivity index (χ1v) is 8.09. The number of anilines is 1. The molecule has 0 aliphatic heterocycles. The van der Waals surface area contributed by atoms with Crippen molar-refractivity contribution in [3.63, 3.8) is 0 Å². The summed E-state index contributed by atoms with van der Waals surface area (Å²) < 4.78 is 17.8. The van der Waals surface area contributed by atoms with Gasteiger partial charge in [-0.2, -0.15) is 0 Å². The number of hydrogen-bond acceptors (Lipinski definition) is 4. The van der Waals surface area contributed by atoms with E-state index < -0.39 is 10.8 Å². The first-order valence-electron chi connectivity index (χ1n) is 6.01. The Hall–Kier alpha value is -1.56. The minimum Gasteiger partial charge on any atom is -0.430 e. The van der Waals surface area contributed by atoms with Gasteiger partial charge in [-0.1, -0.05) is 29.3 Å². The Morgan fingerprint density at radius 1 is 1.14 bits per heavy atom. The van der Waals surface area contributed by atoms with E-state index in [2.05, 4.69) is 4.98 Å². The van der Waals surface area contributed by atoms with E-state index in [9.17, 15) is 4.21 Å². The molecule has 0 fully saturated rings. The maximum atomic E-state index is 12.3. The van der Waals surface area contributed by atoms with E-state index in [1.54, 1.807) is 36.4 Å². The van der Waals surface area contributed by atoms with Gasteiger partial charge in [0.2, 0.25) is 0 Å². The van der Waals surface area contributed by atoms with Gasteiger partial charge in [0.05, 0.1) is 15.8 Å². The van der Waals surface area contributed by atoms with Crippen molar-refractivity contribution in [1.29, 1.82) is 0 Å². The summed E-state index contributed by atoms with van der Waals surface area (Å²) in [4.78, 5) is 4.21. The van der Waals surface area contributed by atoms with Crippen molar-refractivity contribution >= 4 is 50.8 Å². The number of rotatable bonds is 3. The van der Waals surface area contributed by atoms with Crippen LogP contribution in [0.4, 0.5) is 5.69 Å². The molecule has 2 aromatic carbocycles. The average Bonchev–Trinajstić information content (AvgIpc) is 2.86. The highest BCUT2D eigenvalue weighted by Crippen LogP contribution is 2.25. The van der Waals surface area contributed by atoms with Crippen LogP contribution in [0.25, 0.3) is 11.1 Å². The first kappa shape index (κ1) is 14.4. The molecule has 1 aromatic heterocycles. The molecule has 21 heavy (non-hydrogen) atoms. The molecule has 0 aliphatic rings. The van der Waals surface area contributed by atoms with E-state index in [1.807, 2.05) is 0 Å². The number of aromatic nitrogens is 1. The second kappa shape index (κ2) is 5.67. The maximum Gasteiger partial charge on any atom is 0.288 e. The molecule has 7 heteroatoms. The summed E-state index contributed by atoms with van der Waals surface area (Å²) in [5.74, 6) is 0.249. The van der Waals surface area contributed by atoms with Gasteiger partial charge < -0.3 is 10.2 Å². The van der Waals surface area contributed by atoms with Crippen LogP contribution in [-0.4, -0.2) is 9.19 Å². The van der Waals surface area contributed by atoms with Gasteiger partial charge >= 0.3 is 0 Å². The zero-order chi connectivity index (χ0) is 15.0. The van der Waals surface area contributed by atoms with Crippen LogP contribution < -0.4 is 5.73 Å². The molecule has 2 N–H and O–H groups in total. The highest BCUT2D eigenvalue weighted by molar-refractivity contribution is 7.84. The molecule has 1 atom stereocenters. The molecular weight excluding hydrogens is 331 g/mol. The monoisotopic (exact) mass is 340 g/mol. The molecule has 0 bridgehead atoms. The van der Waals surface area contributed by atoms with E-state index in [1.165, 1.54) is 0 Å². The quantitative estimate of drug-likeness (QED) is 0.731. The van der Waals surface area contributed by atoms with Crippen molar-refractivity contribution in [3.05, 3.63) is 52.0 Å². The number of nitrogen functional groups attached to an aromatic ring is 1. The Bertz CT molecular complexity index is 848. The number of benzene rings is 2. The predicted octanol–water partition coefficient (Wildman–Crippen LogP) is 4.02. The number of fused-ring (bicyclic) bond motifs is 1. The van der Waals surface area contributed by atoms with Gasteiger partial charge in [-0.25, -0.2) is 9.19 Å². The van der Waals surface area contributed by atoms with E-state index in [0.29, 0.717) is 26.8 Å². The smallest absolute Gasteiger partial charge is 0.288 e. The average molecular weight is 341 g/mol. The molecule has 4 nitrogen and oxygen atoms in total. The van der Waals surface area contributed by atoms with Gasteiger partial charge in [0, 0.05) is 11.8 Å². The van der Waals surface area contributed by atoms with Crippen LogP contribution in [0.15, 0.2) is 46.0 Å². The summed E-state index contributed by atoms with van der Waals surface area (Å²) in [6, 6.07) is 10.2. The Morgan fingerprint density at radius 2 is 1.95 bits per heavy atom. The molecule has 0 radical (unpaired) electrons. The van der Waals surface area contributed by atoms with Crippen LogP contribution in [0.1, 0.15) is 5.56 Å². The van der Waals surface area contributed by atoms with E-state index >= 15 is 0 Å². The van der Waals surface area contributed by atoms with E-state index in [0.717, 1.165) is 5.56 Å². The normalized spacial score (nSPS) is 12.7. The summed E-state index contributed by atoms with van der Waals surface area (Å²) in [5.41, 5.74) is 8.19. The summed E-state index contributed by atoms with van der Waals surface area (Å²) >= 11 is 11.8. The van der Waals surface area contributed by atoms with Gasteiger partial charge in [0.15, 0.2) is 5.58 Å². The number of nitrogens with zero attached hydrogens (tertiary/aromatic N) is 1. The van der Waals surface area contributed by atoms with Gasteiger partial charge in [-0.3, -0.25) is 0 Å². The topological polar surface area (TPSA) is 69.1 Å². The third-order valence-electron chi connectivity index (χ3n) is 2.87. The summed E-state index contributed by atoms with van der Waals surface area (Å²) in [7, 11) is -1.41. The third kappa shape index (κ3) is 3.05. The van der Waals surface area contributed by atoms with Crippen molar-refractivity contribution in [2.45, 2.75) is 11.0 Å². The Morgan fingerprint density at radius 3 is 2.71 bits per heavy atom. The molecule has 1 heterocycles. The zero-order valence-electron chi connectivity index (χ0n) is 10.7. The SMILES string of the molecule is Nc1ccc2nc(S(=O)Cc3ccc(Cl)c(Cl)c3)oc2c1. The summed E-state index contributed by atoms with van der Waals surface area (Å²) in [6.07, 6.45) is 0. The molecule has 108 valence electrons. The first-order chi connectivity index (χ1) is 10.0. The lowest BCUT2D eigenvalue weighted by molar-refractivity contribution is 0.477. The summed E-state index contributed by atoms with van der Waals surface area (Å²) in [5, 5.41) is 1.06. The number of hydrogen-bond donors (Lipinski definition) is 1. The maximum absolute atomic E-state index is 12.3. The van der Waals surface area contributed by atoms with E-state index in [4.69, 9.17) is 33.4 Å². The Kier molecular flexibility index (Phi) is 3.89. The van der Waals surface area contributed by atoms with Crippen LogP contribution in [-0.2, 0) is 16.6 Å². The Labute approximate surface area is 133 Å². The molecule has 0 spiro atoms. The van der Waals surface area contributed by atoms with Crippen LogP contribution in [0.5, 0.6) is 0 Å². The molecule has 0 saturated carbocycles. The highest BCUT2D eigenvalue weighted by Gasteiger charge is 2.14. The van der Waals surface area contributed by atoms with Crippen LogP contribution in [0, 0.1) is 0 Å². The number of oxazole rings is 1. The summed E-state index contributed by atoms with van der Waals surface area (Å²) in [6.45, 7) is 0. The lowest BCUT2D eigenvalue weighted by atomic mass is 10.2. The number of nitrogens with two attached hydrogens (primary N) is 1. The van der Waals surface area contributed by atoms with Crippen LogP contribution in [0.2, 0.25) is 10.0 Å². The largest absolute Gasteiger partial charge is 0.430 e. The lowest BCUT2D eigenvalue weighted by Gasteiger charge is -2.01. The van der Waals surface area contributed by atoms with E-state index in [-0.39, 0.29) is 11.0 Å². The van der Waals surface area contributed by atoms with Crippen LogP contribution in [0.3, 0.4) is 0 Å². The van der Waals surface area contributed by atoms with Crippen molar-refractivity contribution in [1.82, 2.24) is 4.98 Å². The van der Waals surface area contributed by atoms with Gasteiger partial charge in [0.1, 0.15) is 16.3 Å². The van der Waals surface area contributed by atoms with Gasteiger partial charge in [0.25, 0.3) is 5.22 Å². The fourth-order valence-electron chi connectivity index (χ4n) is 1.86. The third-order valence-corrected chi connectivity index (χ3v) is 4.77. The van der Waals surface area contributed by atoms with Gasteiger partial charge in [-0.05, 0) is 29.8 Å². The minimum absolute atomic E-state index is 0.168.